The van der Waals surface area contributed by atoms with Crippen LogP contribution in [0.2, 0.25) is 0 Å². The molecule has 0 unspecified atom stereocenters. The number of aliphatic carboxylic acids is 12. The Labute approximate surface area is 457 Å². The van der Waals surface area contributed by atoms with Crippen LogP contribution in [0.3, 0.4) is 0 Å². The van der Waals surface area contributed by atoms with Gasteiger partial charge in [-0.15, -0.1) is 0 Å². The first-order valence-electron chi connectivity index (χ1n) is 12.5. The van der Waals surface area contributed by atoms with E-state index < -0.39 is 145 Å². The topological polar surface area (TPSA) is 783 Å². The van der Waals surface area contributed by atoms with E-state index in [1.54, 1.807) is 0 Å². The molecular formula is C24H34Mg6O35. The third-order valence-corrected chi connectivity index (χ3v) is 5.01. The first kappa shape index (κ1) is 114. The molecule has 0 atom stereocenters. The van der Waals surface area contributed by atoms with Gasteiger partial charge in [-0.25, -0.2) is 0 Å². The summed E-state index contributed by atoms with van der Waals surface area (Å²) in [5.74, 6) is -23.9. The summed E-state index contributed by atoms with van der Waals surface area (Å²) < 4.78 is 0. The summed E-state index contributed by atoms with van der Waals surface area (Å²) in [7, 11) is 0. The molecule has 0 radical (unpaired) electrons. The van der Waals surface area contributed by atoms with Gasteiger partial charge in [0.2, 0.25) is 0 Å². The average Bonchev–Trinajstić information content (AvgIpc) is 2.85. The van der Waals surface area contributed by atoms with Gasteiger partial charge in [-0.3, -0.25) is 0 Å². The zero-order valence-electron chi connectivity index (χ0n) is 33.0. The SMILES string of the molecule is O.O.O.O.O.O.O.O=C([O-])CC(O)(CC(=O)[O-])C(=O)[O-].O=C([O-])CC(O)(CC(=O)[O-])C(=O)[O-].O=C([O-])CC(O)(CC(=O)[O-])C(=O)[O-].O=C([O-])CC(O)(CC(=O)[O-])C(=O)[O-].[Mg+2].[Mg+2].[Mg+2].[Mg+2].[Mg+2].[Mg+2]. The molecule has 0 aromatic carbocycles. The van der Waals surface area contributed by atoms with Crippen molar-refractivity contribution in [3.8, 4) is 0 Å². The zero-order chi connectivity index (χ0) is 42.6. The zero-order valence-corrected chi connectivity index (χ0v) is 41.5. The first-order valence-corrected chi connectivity index (χ1v) is 12.5. The van der Waals surface area contributed by atoms with Crippen LogP contribution in [0, 0.1) is 0 Å². The minimum atomic E-state index is -2.97. The number of hydrogen-bond donors (Lipinski definition) is 4. The Bertz CT molecular complexity index is 1150. The van der Waals surface area contributed by atoms with Crippen molar-refractivity contribution in [2.75, 3.05) is 0 Å². The fraction of sp³-hybridized carbons (Fsp3) is 0.500. The first-order chi connectivity index (χ1) is 23.1. The quantitative estimate of drug-likeness (QED) is 0.0823. The molecule has 0 fully saturated rings. The van der Waals surface area contributed by atoms with Crippen molar-refractivity contribution in [2.45, 2.75) is 73.8 Å². The molecule has 0 spiro atoms. The minimum absolute atomic E-state index is 0. The van der Waals surface area contributed by atoms with E-state index in [9.17, 15) is 119 Å². The van der Waals surface area contributed by atoms with Crippen LogP contribution in [0.1, 0.15) is 51.4 Å². The van der Waals surface area contributed by atoms with E-state index in [2.05, 4.69) is 0 Å². The maximum absolute atomic E-state index is 10.1. The Morgan fingerprint density at radius 1 is 0.231 bits per heavy atom. The minimum Gasteiger partial charge on any atom is -0.550 e. The number of rotatable bonds is 20. The van der Waals surface area contributed by atoms with E-state index in [4.69, 9.17) is 20.4 Å². The van der Waals surface area contributed by atoms with Crippen molar-refractivity contribution in [3.63, 3.8) is 0 Å². The maximum atomic E-state index is 10.1. The summed E-state index contributed by atoms with van der Waals surface area (Å²) >= 11 is 0. The summed E-state index contributed by atoms with van der Waals surface area (Å²) in [5, 5.41) is 156. The number of carboxylic acids is 12. The molecule has 0 saturated heterocycles. The summed E-state index contributed by atoms with van der Waals surface area (Å²) in [6, 6.07) is 0. The predicted octanol–water partition coefficient (Wildman–Crippen LogP) is -29.1. The third kappa shape index (κ3) is 57.9. The Balaban J connectivity index is -0.0000000295. The molecule has 0 aliphatic heterocycles. The molecular weight excluding hydrogens is 994 g/mol. The van der Waals surface area contributed by atoms with Crippen molar-refractivity contribution in [3.05, 3.63) is 0 Å². The Kier molecular flexibility index (Phi) is 92.8. The fourth-order valence-corrected chi connectivity index (χ4v) is 2.74. The van der Waals surface area contributed by atoms with E-state index in [0.717, 1.165) is 0 Å². The van der Waals surface area contributed by atoms with E-state index in [-0.39, 0.29) is 177 Å². The average molecular weight is 1030 g/mol. The standard InChI is InChI=1S/4C6H8O7.6Mg.7H2O/c4*7-3(8)1-6(13,5(11)12)2-4(9)10;;;;;;;;;;;;;/h4*13H,1-2H2,(H,7,8)(H,9,10)(H,11,12);;;;;;;7*1H2/q;;;;6*+2;;;;;;;/p-12. The molecule has 0 rings (SSSR count). The summed E-state index contributed by atoms with van der Waals surface area (Å²) in [6.07, 6.45) is -10.9. The van der Waals surface area contributed by atoms with Crippen LogP contribution >= 0.6 is 0 Å². The van der Waals surface area contributed by atoms with Gasteiger partial charge in [-0.2, -0.15) is 0 Å². The van der Waals surface area contributed by atoms with Crippen molar-refractivity contribution in [1.29, 1.82) is 0 Å². The van der Waals surface area contributed by atoms with Gasteiger partial charge in [0.1, 0.15) is 22.4 Å². The molecule has 0 bridgehead atoms. The van der Waals surface area contributed by atoms with Crippen LogP contribution in [0.5, 0.6) is 0 Å². The normalized spacial score (nSPS) is 8.68. The van der Waals surface area contributed by atoms with E-state index in [1.807, 2.05) is 0 Å². The number of carbonyl (C=O) groups is 12. The van der Waals surface area contributed by atoms with Gasteiger partial charge in [0.15, 0.2) is 0 Å². The second-order valence-corrected chi connectivity index (χ2v) is 9.67. The summed E-state index contributed by atoms with van der Waals surface area (Å²) in [6.45, 7) is 0. The molecule has 0 saturated carbocycles. The molecule has 41 heteroatoms. The Morgan fingerprint density at radius 2 is 0.292 bits per heavy atom. The van der Waals surface area contributed by atoms with Crippen LogP contribution in [0.25, 0.3) is 0 Å². The molecule has 0 heterocycles. The number of carbonyl (C=O) groups excluding carboxylic acids is 12. The molecule has 0 aliphatic rings. The van der Waals surface area contributed by atoms with Gasteiger partial charge in [0.25, 0.3) is 0 Å². The predicted molar refractivity (Wildman–Crippen MR) is 177 cm³/mol. The molecule has 65 heavy (non-hydrogen) atoms. The number of hydrogen-bond acceptors (Lipinski definition) is 28. The van der Waals surface area contributed by atoms with Crippen molar-refractivity contribution in [2.24, 2.45) is 0 Å². The molecule has 35 nitrogen and oxygen atoms in total. The molecule has 18 N–H and O–H groups in total. The third-order valence-electron chi connectivity index (χ3n) is 5.01. The second kappa shape index (κ2) is 52.8. The van der Waals surface area contributed by atoms with Gasteiger partial charge in [0.05, 0.1) is 23.9 Å². The molecule has 0 aromatic heterocycles. The molecule has 0 aromatic rings. The van der Waals surface area contributed by atoms with Crippen molar-refractivity contribution >= 4 is 210 Å². The van der Waals surface area contributed by atoms with Crippen molar-refractivity contribution < 1.29 is 178 Å². The fourth-order valence-electron chi connectivity index (χ4n) is 2.74. The largest absolute Gasteiger partial charge is 2.00 e. The number of aliphatic hydroxyl groups is 4. The van der Waals surface area contributed by atoms with Gasteiger partial charge in [-0.1, -0.05) is 0 Å². The smallest absolute Gasteiger partial charge is 0.550 e. The van der Waals surface area contributed by atoms with Crippen LogP contribution in [0.4, 0.5) is 0 Å². The Morgan fingerprint density at radius 3 is 0.323 bits per heavy atom. The van der Waals surface area contributed by atoms with Crippen LogP contribution in [-0.2, 0) is 57.5 Å². The Hall–Kier alpha value is -2.20. The van der Waals surface area contributed by atoms with Crippen LogP contribution in [0.15, 0.2) is 0 Å². The van der Waals surface area contributed by atoms with Crippen LogP contribution in [-0.4, -0.2) is 291 Å². The van der Waals surface area contributed by atoms with Crippen LogP contribution < -0.4 is 61.3 Å². The molecule has 0 aliphatic carbocycles. The molecule has 352 valence electrons. The van der Waals surface area contributed by atoms with Crippen molar-refractivity contribution in [1.82, 2.24) is 0 Å². The summed E-state index contributed by atoms with van der Waals surface area (Å²) in [5.41, 5.74) is -11.9. The number of carboxylic acid groups (broad SMARTS) is 12. The van der Waals surface area contributed by atoms with E-state index in [0.29, 0.717) is 0 Å². The maximum Gasteiger partial charge on any atom is 2.00 e. The van der Waals surface area contributed by atoms with Gasteiger partial charge < -0.3 is 178 Å². The summed E-state index contributed by atoms with van der Waals surface area (Å²) in [4.78, 5) is 120. The van der Waals surface area contributed by atoms with E-state index in [1.165, 1.54) is 0 Å². The van der Waals surface area contributed by atoms with Gasteiger partial charge >= 0.3 is 138 Å². The van der Waals surface area contributed by atoms with Gasteiger partial charge in [-0.05, 0) is 0 Å². The van der Waals surface area contributed by atoms with E-state index >= 15 is 0 Å². The second-order valence-electron chi connectivity index (χ2n) is 9.67. The molecule has 0 amide bonds. The monoisotopic (exact) mass is 1030 g/mol. The van der Waals surface area contributed by atoms with Gasteiger partial charge in [0, 0.05) is 99.1 Å².